The maximum Gasteiger partial charge on any atom is 0.323 e. The van der Waals surface area contributed by atoms with Crippen molar-refractivity contribution in [3.05, 3.63) is 35.3 Å². The van der Waals surface area contributed by atoms with Crippen LogP contribution in [0.1, 0.15) is 12.6 Å². The van der Waals surface area contributed by atoms with Crippen LogP contribution in [0.5, 0.6) is 0 Å². The van der Waals surface area contributed by atoms with Gasteiger partial charge in [0, 0.05) is 18.0 Å². The van der Waals surface area contributed by atoms with E-state index in [9.17, 15) is 14.4 Å². The highest BCUT2D eigenvalue weighted by Crippen LogP contribution is 2.19. The van der Waals surface area contributed by atoms with Crippen LogP contribution in [0.15, 0.2) is 29.6 Å². The van der Waals surface area contributed by atoms with E-state index in [1.54, 1.807) is 24.4 Å². The minimum atomic E-state index is -0.994. The number of carbonyl (C=O) groups excluding carboxylic acids is 3. The van der Waals surface area contributed by atoms with Crippen LogP contribution in [-0.4, -0.2) is 22.7 Å². The zero-order chi connectivity index (χ0) is 16.3. The second kappa shape index (κ2) is 6.35. The zero-order valence-corrected chi connectivity index (χ0v) is 12.8. The second-order valence-corrected chi connectivity index (χ2v) is 5.36. The van der Waals surface area contributed by atoms with Gasteiger partial charge in [0.2, 0.25) is 5.91 Å². The highest BCUT2D eigenvalue weighted by molar-refractivity contribution is 7.14. The first-order chi connectivity index (χ1) is 10.4. The van der Waals surface area contributed by atoms with E-state index in [0.29, 0.717) is 10.8 Å². The summed E-state index contributed by atoms with van der Waals surface area (Å²) in [6, 6.07) is 6.18. The summed E-state index contributed by atoms with van der Waals surface area (Å²) in [6.07, 6.45) is 0. The van der Waals surface area contributed by atoms with Crippen LogP contribution in [0.3, 0.4) is 0 Å². The van der Waals surface area contributed by atoms with Crippen LogP contribution < -0.4 is 16.0 Å². The lowest BCUT2D eigenvalue weighted by molar-refractivity contribution is -0.136. The molecule has 114 valence electrons. The van der Waals surface area contributed by atoms with Gasteiger partial charge in [-0.3, -0.25) is 19.7 Å². The predicted octanol–water partition coefficient (Wildman–Crippen LogP) is 1.55. The minimum Gasteiger partial charge on any atom is -0.399 e. The molecule has 0 spiro atoms. The SMILES string of the molecule is CC(=O)N(C(=O)C(=O)Nc1nc(C)cs1)c1cccc(N)c1. The van der Waals surface area contributed by atoms with Crippen LogP contribution in [0.4, 0.5) is 16.5 Å². The molecule has 22 heavy (non-hydrogen) atoms. The van der Waals surface area contributed by atoms with Gasteiger partial charge in [0.05, 0.1) is 11.4 Å². The summed E-state index contributed by atoms with van der Waals surface area (Å²) < 4.78 is 0. The van der Waals surface area contributed by atoms with Crippen LogP contribution in [0.2, 0.25) is 0 Å². The molecule has 0 aliphatic heterocycles. The summed E-state index contributed by atoms with van der Waals surface area (Å²) >= 11 is 1.19. The summed E-state index contributed by atoms with van der Waals surface area (Å²) in [7, 11) is 0. The molecule has 2 aromatic rings. The fourth-order valence-electron chi connectivity index (χ4n) is 1.77. The second-order valence-electron chi connectivity index (χ2n) is 4.50. The molecule has 3 N–H and O–H groups in total. The fourth-order valence-corrected chi connectivity index (χ4v) is 2.45. The van der Waals surface area contributed by atoms with Gasteiger partial charge in [0.25, 0.3) is 0 Å². The van der Waals surface area contributed by atoms with Crippen molar-refractivity contribution in [1.82, 2.24) is 4.98 Å². The summed E-state index contributed by atoms with van der Waals surface area (Å²) in [5, 5.41) is 4.41. The van der Waals surface area contributed by atoms with Crippen molar-refractivity contribution in [2.24, 2.45) is 0 Å². The van der Waals surface area contributed by atoms with Crippen molar-refractivity contribution in [2.45, 2.75) is 13.8 Å². The Hall–Kier alpha value is -2.74. The molecule has 0 unspecified atom stereocenters. The number of nitrogen functional groups attached to an aromatic ring is 1. The first-order valence-electron chi connectivity index (χ1n) is 6.32. The summed E-state index contributed by atoms with van der Waals surface area (Å²) in [5.74, 6) is -2.51. The van der Waals surface area contributed by atoms with E-state index in [4.69, 9.17) is 5.73 Å². The standard InChI is InChI=1S/C14H14N4O3S/c1-8-7-22-14(16-8)17-12(20)13(21)18(9(2)19)11-5-3-4-10(15)6-11/h3-7H,15H2,1-2H3,(H,16,17,20). The number of benzene rings is 1. The fraction of sp³-hybridized carbons (Fsp3) is 0.143. The molecular formula is C14H14N4O3S. The van der Waals surface area contributed by atoms with Gasteiger partial charge < -0.3 is 5.73 Å². The van der Waals surface area contributed by atoms with Crippen LogP contribution in [0, 0.1) is 6.92 Å². The van der Waals surface area contributed by atoms with Crippen molar-refractivity contribution >= 4 is 45.6 Å². The Morgan fingerprint density at radius 2 is 2.05 bits per heavy atom. The van der Waals surface area contributed by atoms with E-state index in [0.717, 1.165) is 10.6 Å². The normalized spacial score (nSPS) is 10.1. The molecule has 0 saturated heterocycles. The number of aromatic nitrogens is 1. The number of anilines is 3. The molecule has 0 aliphatic carbocycles. The number of nitrogens with one attached hydrogen (secondary N) is 1. The Kier molecular flexibility index (Phi) is 4.52. The van der Waals surface area contributed by atoms with Gasteiger partial charge in [-0.2, -0.15) is 0 Å². The van der Waals surface area contributed by atoms with Gasteiger partial charge >= 0.3 is 11.8 Å². The van der Waals surface area contributed by atoms with Gasteiger partial charge in [-0.15, -0.1) is 11.3 Å². The lowest BCUT2D eigenvalue weighted by atomic mass is 10.2. The van der Waals surface area contributed by atoms with Crippen molar-refractivity contribution < 1.29 is 14.4 Å². The maximum atomic E-state index is 12.2. The van der Waals surface area contributed by atoms with Crippen molar-refractivity contribution in [2.75, 3.05) is 16.0 Å². The summed E-state index contributed by atoms with van der Waals surface area (Å²) in [6.45, 7) is 2.96. The van der Waals surface area contributed by atoms with E-state index in [1.165, 1.54) is 30.4 Å². The molecule has 1 aromatic heterocycles. The molecule has 0 radical (unpaired) electrons. The average molecular weight is 318 g/mol. The monoisotopic (exact) mass is 318 g/mol. The quantitative estimate of drug-likeness (QED) is 0.645. The third-order valence-electron chi connectivity index (χ3n) is 2.68. The molecule has 2 rings (SSSR count). The Balaban J connectivity index is 2.23. The van der Waals surface area contributed by atoms with Crippen LogP contribution >= 0.6 is 11.3 Å². The smallest absolute Gasteiger partial charge is 0.323 e. The highest BCUT2D eigenvalue weighted by atomic mass is 32.1. The van der Waals surface area contributed by atoms with E-state index in [-0.39, 0.29) is 5.69 Å². The number of thiazole rings is 1. The third-order valence-corrected chi connectivity index (χ3v) is 3.56. The number of imide groups is 1. The highest BCUT2D eigenvalue weighted by Gasteiger charge is 2.27. The number of carbonyl (C=O) groups is 3. The Morgan fingerprint density at radius 1 is 1.32 bits per heavy atom. The first-order valence-corrected chi connectivity index (χ1v) is 7.20. The largest absolute Gasteiger partial charge is 0.399 e. The topological polar surface area (TPSA) is 105 Å². The van der Waals surface area contributed by atoms with Crippen molar-refractivity contribution in [3.8, 4) is 0 Å². The van der Waals surface area contributed by atoms with Crippen molar-refractivity contribution in [1.29, 1.82) is 0 Å². The number of rotatable bonds is 2. The number of hydrogen-bond donors (Lipinski definition) is 2. The van der Waals surface area contributed by atoms with E-state index in [2.05, 4.69) is 10.3 Å². The van der Waals surface area contributed by atoms with Crippen LogP contribution in [0.25, 0.3) is 0 Å². The third kappa shape index (κ3) is 3.47. The molecule has 0 bridgehead atoms. The summed E-state index contributed by atoms with van der Waals surface area (Å²) in [4.78, 5) is 40.8. The molecule has 1 heterocycles. The molecule has 0 atom stereocenters. The maximum absolute atomic E-state index is 12.2. The predicted molar refractivity (Wildman–Crippen MR) is 84.5 cm³/mol. The molecule has 3 amide bonds. The molecule has 0 saturated carbocycles. The van der Waals surface area contributed by atoms with E-state index < -0.39 is 17.7 Å². The Labute approximate surface area is 130 Å². The van der Waals surface area contributed by atoms with Gasteiger partial charge in [-0.1, -0.05) is 6.07 Å². The van der Waals surface area contributed by atoms with Gasteiger partial charge in [-0.05, 0) is 25.1 Å². The minimum absolute atomic E-state index is 0.239. The Morgan fingerprint density at radius 3 is 2.59 bits per heavy atom. The molecular weight excluding hydrogens is 304 g/mol. The van der Waals surface area contributed by atoms with Gasteiger partial charge in [-0.25, -0.2) is 9.88 Å². The first kappa shape index (κ1) is 15.6. The number of nitrogens with two attached hydrogens (primary N) is 1. The zero-order valence-electron chi connectivity index (χ0n) is 12.0. The van der Waals surface area contributed by atoms with Crippen molar-refractivity contribution in [3.63, 3.8) is 0 Å². The number of amides is 3. The molecule has 0 fully saturated rings. The summed E-state index contributed by atoms with van der Waals surface area (Å²) in [5.41, 5.74) is 6.99. The van der Waals surface area contributed by atoms with E-state index in [1.807, 2.05) is 0 Å². The lowest BCUT2D eigenvalue weighted by Gasteiger charge is -2.18. The van der Waals surface area contributed by atoms with E-state index >= 15 is 0 Å². The molecule has 8 heteroatoms. The lowest BCUT2D eigenvalue weighted by Crippen LogP contribution is -2.42. The average Bonchev–Trinajstić information content (AvgIpc) is 2.83. The molecule has 1 aromatic carbocycles. The number of hydrogen-bond acceptors (Lipinski definition) is 6. The Bertz CT molecular complexity index is 741. The molecule has 0 aliphatic rings. The molecule has 7 nitrogen and oxygen atoms in total. The van der Waals surface area contributed by atoms with Gasteiger partial charge in [0.1, 0.15) is 0 Å². The van der Waals surface area contributed by atoms with Gasteiger partial charge in [0.15, 0.2) is 5.13 Å². The van der Waals surface area contributed by atoms with Crippen LogP contribution in [-0.2, 0) is 14.4 Å². The number of aryl methyl sites for hydroxylation is 1. The number of nitrogens with zero attached hydrogens (tertiary/aromatic N) is 2.